The van der Waals surface area contributed by atoms with Crippen LogP contribution in [0.3, 0.4) is 0 Å². The van der Waals surface area contributed by atoms with E-state index in [1.807, 2.05) is 19.9 Å². The molecule has 0 aromatic heterocycles. The molecule has 1 aromatic rings. The van der Waals surface area contributed by atoms with Gasteiger partial charge in [-0.25, -0.2) is 4.79 Å². The first-order valence-corrected chi connectivity index (χ1v) is 7.59. The van der Waals surface area contributed by atoms with Gasteiger partial charge in [0.1, 0.15) is 11.8 Å². The number of carbonyl (C=O) groups excluding carboxylic acids is 2. The van der Waals surface area contributed by atoms with Gasteiger partial charge in [-0.2, -0.15) is 0 Å². The molecule has 1 rings (SSSR count). The molecule has 1 aromatic carbocycles. The Balaban J connectivity index is 2.72. The van der Waals surface area contributed by atoms with Gasteiger partial charge in [0.2, 0.25) is 5.91 Å². The fourth-order valence-electron chi connectivity index (χ4n) is 1.79. The zero-order valence-electron chi connectivity index (χ0n) is 12.6. The minimum Gasteiger partial charge on any atom is -0.425 e. The average molecular weight is 312 g/mol. The van der Waals surface area contributed by atoms with Gasteiger partial charge in [-0.1, -0.05) is 39.0 Å². The van der Waals surface area contributed by atoms with Crippen LogP contribution in [0.5, 0.6) is 5.75 Å². The number of esters is 1. The molecular formula is C16H22ClNO3. The molecular weight excluding hydrogens is 290 g/mol. The zero-order valence-corrected chi connectivity index (χ0v) is 13.4. The Morgan fingerprint density at radius 3 is 2.33 bits per heavy atom. The molecule has 2 atom stereocenters. The van der Waals surface area contributed by atoms with E-state index in [-0.39, 0.29) is 23.6 Å². The first kappa shape index (κ1) is 17.5. The second kappa shape index (κ2) is 8.67. The lowest BCUT2D eigenvalue weighted by atomic mass is 10.0. The van der Waals surface area contributed by atoms with Crippen molar-refractivity contribution in [2.75, 3.05) is 5.88 Å². The van der Waals surface area contributed by atoms with Crippen molar-refractivity contribution in [3.8, 4) is 5.75 Å². The number of alkyl halides is 1. The molecule has 0 saturated heterocycles. The molecule has 0 bridgehead atoms. The average Bonchev–Trinajstić information content (AvgIpc) is 2.44. The Morgan fingerprint density at radius 1 is 1.19 bits per heavy atom. The molecule has 1 unspecified atom stereocenters. The summed E-state index contributed by atoms with van der Waals surface area (Å²) in [5, 5.41) is 2.72. The first-order chi connectivity index (χ1) is 9.93. The van der Waals surface area contributed by atoms with Crippen LogP contribution in [-0.4, -0.2) is 23.8 Å². The summed E-state index contributed by atoms with van der Waals surface area (Å²) < 4.78 is 5.29. The van der Waals surface area contributed by atoms with Crippen LogP contribution in [0.15, 0.2) is 30.3 Å². The van der Waals surface area contributed by atoms with Crippen molar-refractivity contribution in [3.05, 3.63) is 30.3 Å². The van der Waals surface area contributed by atoms with Crippen LogP contribution < -0.4 is 10.1 Å². The van der Waals surface area contributed by atoms with Crippen molar-refractivity contribution >= 4 is 23.5 Å². The van der Waals surface area contributed by atoms with Crippen molar-refractivity contribution in [1.82, 2.24) is 5.32 Å². The van der Waals surface area contributed by atoms with E-state index in [0.717, 1.165) is 0 Å². The molecule has 116 valence electrons. The minimum absolute atomic E-state index is 0.169. The lowest BCUT2D eigenvalue weighted by Crippen LogP contribution is -2.47. The first-order valence-electron chi connectivity index (χ1n) is 7.06. The molecule has 1 N–H and O–H groups in total. The topological polar surface area (TPSA) is 55.4 Å². The second-order valence-electron chi connectivity index (χ2n) is 5.51. The molecule has 0 heterocycles. The van der Waals surface area contributed by atoms with Crippen LogP contribution in [0.1, 0.15) is 27.2 Å². The molecule has 21 heavy (non-hydrogen) atoms. The van der Waals surface area contributed by atoms with Crippen molar-refractivity contribution in [3.63, 3.8) is 0 Å². The van der Waals surface area contributed by atoms with Gasteiger partial charge in [-0.15, -0.1) is 11.6 Å². The highest BCUT2D eigenvalue weighted by atomic mass is 35.5. The third kappa shape index (κ3) is 6.17. The van der Waals surface area contributed by atoms with Gasteiger partial charge in [-0.3, -0.25) is 4.79 Å². The van der Waals surface area contributed by atoms with Crippen LogP contribution in [0, 0.1) is 11.8 Å². The number of rotatable bonds is 7. The Labute approximate surface area is 130 Å². The molecule has 5 heteroatoms. The summed E-state index contributed by atoms with van der Waals surface area (Å²) in [6, 6.07) is 8.03. The van der Waals surface area contributed by atoms with Crippen LogP contribution in [-0.2, 0) is 9.59 Å². The number of nitrogens with one attached hydrogen (secondary N) is 1. The highest BCUT2D eigenvalue weighted by Crippen LogP contribution is 2.13. The fourth-order valence-corrected chi connectivity index (χ4v) is 1.97. The molecule has 0 spiro atoms. The SMILES string of the molecule is CC(C)CC(=O)NC(C(=O)Oc1ccccc1)[C@H](C)CCl. The molecule has 0 saturated carbocycles. The van der Waals surface area contributed by atoms with Gasteiger partial charge in [0.25, 0.3) is 0 Å². The number of para-hydroxylation sites is 1. The summed E-state index contributed by atoms with van der Waals surface area (Å²) in [6.45, 7) is 5.70. The highest BCUT2D eigenvalue weighted by molar-refractivity contribution is 6.18. The number of benzene rings is 1. The third-order valence-corrected chi connectivity index (χ3v) is 3.42. The van der Waals surface area contributed by atoms with Crippen LogP contribution in [0.4, 0.5) is 0 Å². The van der Waals surface area contributed by atoms with Gasteiger partial charge in [0.05, 0.1) is 0 Å². The lowest BCUT2D eigenvalue weighted by Gasteiger charge is -2.22. The smallest absolute Gasteiger partial charge is 0.334 e. The highest BCUT2D eigenvalue weighted by Gasteiger charge is 2.28. The summed E-state index contributed by atoms with van der Waals surface area (Å²) >= 11 is 5.82. The van der Waals surface area contributed by atoms with Crippen molar-refractivity contribution in [2.24, 2.45) is 11.8 Å². The van der Waals surface area contributed by atoms with E-state index >= 15 is 0 Å². The van der Waals surface area contributed by atoms with Gasteiger partial charge in [0, 0.05) is 18.2 Å². The van der Waals surface area contributed by atoms with Crippen LogP contribution in [0.2, 0.25) is 0 Å². The molecule has 0 aliphatic carbocycles. The fraction of sp³-hybridized carbons (Fsp3) is 0.500. The van der Waals surface area contributed by atoms with Crippen molar-refractivity contribution in [1.29, 1.82) is 0 Å². The zero-order chi connectivity index (χ0) is 15.8. The molecule has 0 aliphatic rings. The third-order valence-electron chi connectivity index (χ3n) is 2.94. The van der Waals surface area contributed by atoms with Gasteiger partial charge in [0.15, 0.2) is 0 Å². The molecule has 0 aliphatic heterocycles. The standard InChI is InChI=1S/C16H22ClNO3/c1-11(2)9-14(19)18-15(12(3)10-17)16(20)21-13-7-5-4-6-8-13/h4-8,11-12,15H,9-10H2,1-3H3,(H,18,19)/t12-,15?/m1/s1. The van der Waals surface area contributed by atoms with Gasteiger partial charge >= 0.3 is 5.97 Å². The molecule has 1 amide bonds. The normalized spacial score (nSPS) is 13.6. The van der Waals surface area contributed by atoms with Gasteiger partial charge < -0.3 is 10.1 Å². The summed E-state index contributed by atoms with van der Waals surface area (Å²) in [6.07, 6.45) is 0.365. The number of amides is 1. The van der Waals surface area contributed by atoms with Crippen LogP contribution >= 0.6 is 11.6 Å². The quantitative estimate of drug-likeness (QED) is 0.478. The Bertz CT molecular complexity index is 462. The summed E-state index contributed by atoms with van der Waals surface area (Å²) in [5.41, 5.74) is 0. The van der Waals surface area contributed by atoms with E-state index in [2.05, 4.69) is 5.32 Å². The van der Waals surface area contributed by atoms with E-state index in [0.29, 0.717) is 12.2 Å². The Kier molecular flexibility index (Phi) is 7.23. The molecule has 0 fully saturated rings. The second-order valence-corrected chi connectivity index (χ2v) is 5.82. The maximum Gasteiger partial charge on any atom is 0.334 e. The number of halogens is 1. The predicted molar refractivity (Wildman–Crippen MR) is 83.3 cm³/mol. The number of hydrogen-bond donors (Lipinski definition) is 1. The number of hydrogen-bond acceptors (Lipinski definition) is 3. The number of ether oxygens (including phenoxy) is 1. The van der Waals surface area contributed by atoms with E-state index in [1.54, 1.807) is 31.2 Å². The Hall–Kier alpha value is -1.55. The van der Waals surface area contributed by atoms with Crippen molar-refractivity contribution in [2.45, 2.75) is 33.2 Å². The Morgan fingerprint density at radius 2 is 1.81 bits per heavy atom. The summed E-state index contributed by atoms with van der Waals surface area (Å²) in [5.74, 6) is 0.0631. The maximum atomic E-state index is 12.2. The van der Waals surface area contributed by atoms with Crippen molar-refractivity contribution < 1.29 is 14.3 Å². The lowest BCUT2D eigenvalue weighted by molar-refractivity contribution is -0.140. The van der Waals surface area contributed by atoms with E-state index in [9.17, 15) is 9.59 Å². The van der Waals surface area contributed by atoms with Crippen LogP contribution in [0.25, 0.3) is 0 Å². The summed E-state index contributed by atoms with van der Waals surface area (Å²) in [4.78, 5) is 24.1. The maximum absolute atomic E-state index is 12.2. The predicted octanol–water partition coefficient (Wildman–Crippen LogP) is 3.00. The molecule has 4 nitrogen and oxygen atoms in total. The van der Waals surface area contributed by atoms with E-state index in [4.69, 9.17) is 16.3 Å². The van der Waals surface area contributed by atoms with E-state index < -0.39 is 12.0 Å². The van der Waals surface area contributed by atoms with E-state index in [1.165, 1.54) is 0 Å². The van der Waals surface area contributed by atoms with Gasteiger partial charge in [-0.05, 0) is 18.1 Å². The summed E-state index contributed by atoms with van der Waals surface area (Å²) in [7, 11) is 0. The monoisotopic (exact) mass is 311 g/mol. The largest absolute Gasteiger partial charge is 0.425 e. The minimum atomic E-state index is -0.742. The number of carbonyl (C=O) groups is 2. The molecule has 0 radical (unpaired) electrons.